The van der Waals surface area contributed by atoms with Crippen molar-refractivity contribution in [3.63, 3.8) is 0 Å². The van der Waals surface area contributed by atoms with E-state index in [1.807, 2.05) is 55.5 Å². The summed E-state index contributed by atoms with van der Waals surface area (Å²) in [7, 11) is 3.08. The van der Waals surface area contributed by atoms with Gasteiger partial charge < -0.3 is 24.4 Å². The van der Waals surface area contributed by atoms with E-state index in [9.17, 15) is 14.4 Å². The number of nitrogens with zero attached hydrogens (tertiary/aromatic N) is 2. The van der Waals surface area contributed by atoms with Crippen molar-refractivity contribution in [2.24, 2.45) is 0 Å². The van der Waals surface area contributed by atoms with Crippen LogP contribution in [0.25, 0.3) is 10.8 Å². The predicted octanol–water partition coefficient (Wildman–Crippen LogP) is 5.59. The Morgan fingerprint density at radius 3 is 2.59 bits per heavy atom. The lowest BCUT2D eigenvalue weighted by Gasteiger charge is -2.30. The summed E-state index contributed by atoms with van der Waals surface area (Å²) in [5.74, 6) is 0.329. The molecule has 1 aliphatic rings. The summed E-state index contributed by atoms with van der Waals surface area (Å²) >= 11 is 3.53. The van der Waals surface area contributed by atoms with E-state index in [1.165, 1.54) is 11.9 Å². The van der Waals surface area contributed by atoms with Crippen LogP contribution < -0.4 is 19.7 Å². The number of hydrogen-bond donors (Lipinski definition) is 1. The number of carbonyl (C=O) groups is 3. The fourth-order valence-corrected chi connectivity index (χ4v) is 4.97. The van der Waals surface area contributed by atoms with E-state index in [0.717, 1.165) is 26.4 Å². The van der Waals surface area contributed by atoms with E-state index in [2.05, 4.69) is 21.2 Å². The van der Waals surface area contributed by atoms with Gasteiger partial charge in [-0.15, -0.1) is 0 Å². The Balaban J connectivity index is 1.67. The van der Waals surface area contributed by atoms with Gasteiger partial charge in [-0.1, -0.05) is 34.1 Å². The topological polar surface area (TPSA) is 97.4 Å². The average molecular weight is 627 g/mol. The number of halogens is 1. The molecular formula is C31H36BrN3O6. The van der Waals surface area contributed by atoms with Crippen LogP contribution >= 0.6 is 15.9 Å². The van der Waals surface area contributed by atoms with Crippen LogP contribution in [0.1, 0.15) is 38.8 Å². The molecule has 10 heteroatoms. The zero-order valence-electron chi connectivity index (χ0n) is 24.4. The normalized spacial score (nSPS) is 15.9. The standard InChI is InChI=1S/C31H36BrN3O6/c1-18-8-12-25-27(14-18)40-17-24(33-28(36)19(2)34(6)30(38)41-31(3,4)5)29(37)35(25)16-23-22-11-10-21(32)15-20(22)9-13-26(23)39-7/h8-15,19,24H,16-17H2,1-7H3,(H,33,36)/t19-,24?/m0/s1. The molecule has 0 radical (unpaired) electrons. The fraction of sp³-hybridized carbons (Fsp3) is 0.387. The number of nitrogens with one attached hydrogen (secondary N) is 1. The summed E-state index contributed by atoms with van der Waals surface area (Å²) in [5, 5.41) is 4.73. The molecule has 0 saturated carbocycles. The number of likely N-dealkylation sites (N-methyl/N-ethyl adjacent to an activating group) is 1. The molecule has 3 aromatic carbocycles. The minimum Gasteiger partial charge on any atom is -0.496 e. The fourth-order valence-electron chi connectivity index (χ4n) is 4.60. The molecule has 0 saturated heterocycles. The van der Waals surface area contributed by atoms with E-state index in [1.54, 1.807) is 39.7 Å². The first-order valence-electron chi connectivity index (χ1n) is 13.3. The average Bonchev–Trinajstić information content (AvgIpc) is 3.03. The first-order valence-corrected chi connectivity index (χ1v) is 14.1. The summed E-state index contributed by atoms with van der Waals surface area (Å²) in [6, 6.07) is 13.5. The molecule has 41 heavy (non-hydrogen) atoms. The molecule has 1 unspecified atom stereocenters. The molecule has 0 spiro atoms. The number of amides is 3. The smallest absolute Gasteiger partial charge is 0.410 e. The highest BCUT2D eigenvalue weighted by Gasteiger charge is 2.36. The number of carbonyl (C=O) groups excluding carboxylic acids is 3. The molecule has 3 aromatic rings. The van der Waals surface area contributed by atoms with E-state index >= 15 is 0 Å². The van der Waals surface area contributed by atoms with Crippen molar-refractivity contribution in [1.82, 2.24) is 10.2 Å². The van der Waals surface area contributed by atoms with Crippen molar-refractivity contribution in [2.45, 2.75) is 58.8 Å². The zero-order chi connectivity index (χ0) is 30.1. The van der Waals surface area contributed by atoms with Gasteiger partial charge in [0.25, 0.3) is 5.91 Å². The number of hydrogen-bond acceptors (Lipinski definition) is 6. The van der Waals surface area contributed by atoms with Crippen LogP contribution in [0.3, 0.4) is 0 Å². The molecule has 9 nitrogen and oxygen atoms in total. The Hall–Kier alpha value is -3.79. The summed E-state index contributed by atoms with van der Waals surface area (Å²) in [4.78, 5) is 42.8. The highest BCUT2D eigenvalue weighted by atomic mass is 79.9. The summed E-state index contributed by atoms with van der Waals surface area (Å²) in [6.45, 7) is 8.89. The number of aryl methyl sites for hydroxylation is 1. The van der Waals surface area contributed by atoms with Crippen LogP contribution in [0.15, 0.2) is 53.0 Å². The summed E-state index contributed by atoms with van der Waals surface area (Å²) in [6.07, 6.45) is -0.636. The third-order valence-corrected chi connectivity index (χ3v) is 7.41. The number of anilines is 1. The number of methoxy groups -OCH3 is 1. The second kappa shape index (κ2) is 12.0. The van der Waals surface area contributed by atoms with Crippen molar-refractivity contribution >= 4 is 50.3 Å². The maximum Gasteiger partial charge on any atom is 0.410 e. The van der Waals surface area contributed by atoms with Gasteiger partial charge in [0.05, 0.1) is 19.3 Å². The molecule has 0 bridgehead atoms. The van der Waals surface area contributed by atoms with Gasteiger partial charge in [-0.2, -0.15) is 0 Å². The van der Waals surface area contributed by atoms with Gasteiger partial charge in [-0.25, -0.2) is 4.79 Å². The van der Waals surface area contributed by atoms with Gasteiger partial charge in [-0.05, 0) is 81.3 Å². The Bertz CT molecular complexity index is 1480. The molecular weight excluding hydrogens is 590 g/mol. The largest absolute Gasteiger partial charge is 0.496 e. The number of benzene rings is 3. The molecule has 218 valence electrons. The first-order chi connectivity index (χ1) is 19.3. The quantitative estimate of drug-likeness (QED) is 0.384. The number of rotatable bonds is 6. The minimum atomic E-state index is -1.00. The number of fused-ring (bicyclic) bond motifs is 2. The van der Waals surface area contributed by atoms with Gasteiger partial charge in [0.15, 0.2) is 0 Å². The second-order valence-corrected chi connectivity index (χ2v) is 12.1. The second-order valence-electron chi connectivity index (χ2n) is 11.1. The van der Waals surface area contributed by atoms with Gasteiger partial charge in [0.1, 0.15) is 35.8 Å². The molecule has 3 amide bonds. The van der Waals surface area contributed by atoms with E-state index in [-0.39, 0.29) is 19.1 Å². The first kappa shape index (κ1) is 30.2. The summed E-state index contributed by atoms with van der Waals surface area (Å²) < 4.78 is 18.1. The van der Waals surface area contributed by atoms with Crippen LogP contribution in [0.2, 0.25) is 0 Å². The monoisotopic (exact) mass is 625 g/mol. The maximum absolute atomic E-state index is 14.1. The Kier molecular flexibility index (Phi) is 8.82. The third-order valence-electron chi connectivity index (χ3n) is 6.92. The van der Waals surface area contributed by atoms with Crippen LogP contribution in [0.4, 0.5) is 10.5 Å². The number of ether oxygens (including phenoxy) is 3. The van der Waals surface area contributed by atoms with Crippen LogP contribution in [0.5, 0.6) is 11.5 Å². The van der Waals surface area contributed by atoms with E-state index in [4.69, 9.17) is 14.2 Å². The van der Waals surface area contributed by atoms with Crippen LogP contribution in [0, 0.1) is 6.92 Å². The van der Waals surface area contributed by atoms with Crippen molar-refractivity contribution in [2.75, 3.05) is 25.7 Å². The van der Waals surface area contributed by atoms with Crippen LogP contribution in [-0.2, 0) is 20.9 Å². The Labute approximate surface area is 248 Å². The van der Waals surface area contributed by atoms with Crippen molar-refractivity contribution in [3.8, 4) is 11.5 Å². The van der Waals surface area contributed by atoms with Gasteiger partial charge in [-0.3, -0.25) is 14.5 Å². The maximum atomic E-state index is 14.1. The highest BCUT2D eigenvalue weighted by Crippen LogP contribution is 2.37. The Morgan fingerprint density at radius 2 is 1.90 bits per heavy atom. The molecule has 4 rings (SSSR count). The van der Waals surface area contributed by atoms with Gasteiger partial charge in [0.2, 0.25) is 5.91 Å². The van der Waals surface area contributed by atoms with E-state index < -0.39 is 29.7 Å². The van der Waals surface area contributed by atoms with Crippen molar-refractivity contribution in [3.05, 3.63) is 64.1 Å². The zero-order valence-corrected chi connectivity index (χ0v) is 26.0. The molecule has 2 atom stereocenters. The predicted molar refractivity (Wildman–Crippen MR) is 161 cm³/mol. The van der Waals surface area contributed by atoms with Crippen molar-refractivity contribution < 1.29 is 28.6 Å². The lowest BCUT2D eigenvalue weighted by atomic mass is 10.0. The minimum absolute atomic E-state index is 0.0694. The summed E-state index contributed by atoms with van der Waals surface area (Å²) in [5.41, 5.74) is 1.67. The molecule has 0 aromatic heterocycles. The molecule has 0 aliphatic carbocycles. The Morgan fingerprint density at radius 1 is 1.17 bits per heavy atom. The van der Waals surface area contributed by atoms with Crippen LogP contribution in [-0.4, -0.2) is 61.3 Å². The third kappa shape index (κ3) is 6.75. The van der Waals surface area contributed by atoms with Gasteiger partial charge >= 0.3 is 6.09 Å². The molecule has 0 fully saturated rings. The molecule has 1 aliphatic heterocycles. The van der Waals surface area contributed by atoms with E-state index in [0.29, 0.717) is 17.2 Å². The van der Waals surface area contributed by atoms with Gasteiger partial charge in [0, 0.05) is 17.1 Å². The lowest BCUT2D eigenvalue weighted by molar-refractivity contribution is -0.130. The molecule has 1 N–H and O–H groups in total. The lowest BCUT2D eigenvalue weighted by Crippen LogP contribution is -2.55. The highest BCUT2D eigenvalue weighted by molar-refractivity contribution is 9.10. The molecule has 1 heterocycles. The van der Waals surface area contributed by atoms with Crippen molar-refractivity contribution in [1.29, 1.82) is 0 Å². The SMILES string of the molecule is COc1ccc2cc(Br)ccc2c1CN1C(=O)C(NC(=O)[C@H](C)N(C)C(=O)OC(C)(C)C)COc2cc(C)ccc21.